The van der Waals surface area contributed by atoms with E-state index in [2.05, 4.69) is 5.32 Å². The highest BCUT2D eigenvalue weighted by Gasteiger charge is 2.09. The van der Waals surface area contributed by atoms with Crippen molar-refractivity contribution in [3.8, 4) is 0 Å². The monoisotopic (exact) mass is 431 g/mol. The molecule has 0 aliphatic heterocycles. The second-order valence-electron chi connectivity index (χ2n) is 6.76. The van der Waals surface area contributed by atoms with E-state index in [4.69, 9.17) is 11.6 Å². The number of thioether (sulfide) groups is 1. The van der Waals surface area contributed by atoms with Crippen LogP contribution >= 0.6 is 23.4 Å². The molecule has 0 fully saturated rings. The Kier molecular flexibility index (Phi) is 6.17. The summed E-state index contributed by atoms with van der Waals surface area (Å²) in [6, 6.07) is 28.0. The van der Waals surface area contributed by atoms with Gasteiger partial charge in [0.05, 0.1) is 5.75 Å². The van der Waals surface area contributed by atoms with Crippen LogP contribution in [0.3, 0.4) is 0 Å². The van der Waals surface area contributed by atoms with Crippen LogP contribution in [0, 0.1) is 0 Å². The van der Waals surface area contributed by atoms with Gasteiger partial charge in [0.1, 0.15) is 0 Å². The molecule has 0 unspecified atom stereocenters. The molecule has 148 valence electrons. The zero-order valence-corrected chi connectivity index (χ0v) is 17.5. The number of ketones is 1. The van der Waals surface area contributed by atoms with Gasteiger partial charge in [-0.25, -0.2) is 0 Å². The number of nitrogens with one attached hydrogen (secondary N) is 1. The molecule has 4 aromatic rings. The molecule has 5 heteroatoms. The van der Waals surface area contributed by atoms with Crippen molar-refractivity contribution in [2.75, 3.05) is 11.1 Å². The van der Waals surface area contributed by atoms with Crippen molar-refractivity contribution >= 4 is 51.5 Å². The molecule has 0 radical (unpaired) electrons. The number of fused-ring (bicyclic) bond motifs is 1. The third kappa shape index (κ3) is 4.90. The quantitative estimate of drug-likeness (QED) is 0.272. The van der Waals surface area contributed by atoms with Crippen LogP contribution in [0.25, 0.3) is 10.8 Å². The van der Waals surface area contributed by atoms with Gasteiger partial charge >= 0.3 is 0 Å². The van der Waals surface area contributed by atoms with Gasteiger partial charge in [-0.05, 0) is 71.4 Å². The maximum absolute atomic E-state index is 12.6. The number of hydrogen-bond acceptors (Lipinski definition) is 3. The van der Waals surface area contributed by atoms with Crippen LogP contribution in [-0.4, -0.2) is 17.4 Å². The van der Waals surface area contributed by atoms with Crippen molar-refractivity contribution in [2.24, 2.45) is 0 Å². The van der Waals surface area contributed by atoms with Crippen molar-refractivity contribution in [2.45, 2.75) is 4.90 Å². The summed E-state index contributed by atoms with van der Waals surface area (Å²) < 4.78 is 0. The van der Waals surface area contributed by atoms with Crippen molar-refractivity contribution < 1.29 is 9.59 Å². The number of halogens is 1. The number of carbonyl (C=O) groups excluding carboxylic acids is 2. The van der Waals surface area contributed by atoms with E-state index in [1.165, 1.54) is 11.8 Å². The Morgan fingerprint density at radius 2 is 1.43 bits per heavy atom. The first-order chi connectivity index (χ1) is 14.6. The Labute approximate surface area is 184 Å². The molecule has 4 rings (SSSR count). The highest BCUT2D eigenvalue weighted by molar-refractivity contribution is 8.00. The molecule has 0 heterocycles. The van der Waals surface area contributed by atoms with Gasteiger partial charge in [-0.1, -0.05) is 41.9 Å². The molecule has 3 nitrogen and oxygen atoms in total. The highest BCUT2D eigenvalue weighted by atomic mass is 35.5. The molecule has 0 bridgehead atoms. The highest BCUT2D eigenvalue weighted by Crippen LogP contribution is 2.23. The second kappa shape index (κ2) is 9.16. The maximum Gasteiger partial charge on any atom is 0.255 e. The Bertz CT molecular complexity index is 1200. The van der Waals surface area contributed by atoms with Gasteiger partial charge in [0.2, 0.25) is 0 Å². The van der Waals surface area contributed by atoms with Crippen LogP contribution in [0.5, 0.6) is 0 Å². The molecular formula is C25H18ClNO2S. The first-order valence-electron chi connectivity index (χ1n) is 9.40. The summed E-state index contributed by atoms with van der Waals surface area (Å²) in [5.41, 5.74) is 1.97. The minimum Gasteiger partial charge on any atom is -0.322 e. The van der Waals surface area contributed by atoms with Crippen LogP contribution in [0.4, 0.5) is 5.69 Å². The molecule has 1 N–H and O–H groups in total. The van der Waals surface area contributed by atoms with Crippen LogP contribution in [0.2, 0.25) is 5.02 Å². The van der Waals surface area contributed by atoms with E-state index in [0.29, 0.717) is 27.6 Å². The van der Waals surface area contributed by atoms with Gasteiger partial charge in [-0.3, -0.25) is 9.59 Å². The molecule has 0 saturated carbocycles. The summed E-state index contributed by atoms with van der Waals surface area (Å²) in [5.74, 6) is 0.231. The van der Waals surface area contributed by atoms with E-state index in [1.807, 2.05) is 66.7 Å². The van der Waals surface area contributed by atoms with E-state index in [9.17, 15) is 9.59 Å². The van der Waals surface area contributed by atoms with E-state index in [-0.39, 0.29) is 11.7 Å². The second-order valence-corrected chi connectivity index (χ2v) is 8.24. The molecule has 0 aliphatic carbocycles. The summed E-state index contributed by atoms with van der Waals surface area (Å²) in [5, 5.41) is 5.66. The zero-order chi connectivity index (χ0) is 20.9. The molecule has 0 spiro atoms. The topological polar surface area (TPSA) is 46.2 Å². The lowest BCUT2D eigenvalue weighted by Gasteiger charge is -2.08. The van der Waals surface area contributed by atoms with Crippen LogP contribution in [-0.2, 0) is 0 Å². The number of carbonyl (C=O) groups is 2. The van der Waals surface area contributed by atoms with Gasteiger partial charge in [-0.15, -0.1) is 11.8 Å². The predicted octanol–water partition coefficient (Wildman–Crippen LogP) is 6.72. The molecule has 30 heavy (non-hydrogen) atoms. The fourth-order valence-electron chi connectivity index (χ4n) is 3.04. The van der Waals surface area contributed by atoms with Crippen molar-refractivity contribution in [1.29, 1.82) is 0 Å². The fourth-order valence-corrected chi connectivity index (χ4v) is 3.96. The maximum atomic E-state index is 12.6. The van der Waals surface area contributed by atoms with Gasteiger partial charge in [-0.2, -0.15) is 0 Å². The summed E-state index contributed by atoms with van der Waals surface area (Å²) in [7, 11) is 0. The van der Waals surface area contributed by atoms with Crippen molar-refractivity contribution in [3.05, 3.63) is 107 Å². The normalized spacial score (nSPS) is 10.7. The number of hydrogen-bond donors (Lipinski definition) is 1. The van der Waals surface area contributed by atoms with E-state index < -0.39 is 0 Å². The predicted molar refractivity (Wildman–Crippen MR) is 125 cm³/mol. The Morgan fingerprint density at radius 3 is 2.17 bits per heavy atom. The van der Waals surface area contributed by atoms with Crippen LogP contribution < -0.4 is 5.32 Å². The molecular weight excluding hydrogens is 414 g/mol. The first kappa shape index (κ1) is 20.2. The third-order valence-corrected chi connectivity index (χ3v) is 5.92. The summed E-state index contributed by atoms with van der Waals surface area (Å²) in [4.78, 5) is 25.8. The molecule has 1 amide bonds. The van der Waals surface area contributed by atoms with Crippen LogP contribution in [0.1, 0.15) is 20.7 Å². The number of benzene rings is 4. The molecule has 0 atom stereocenters. The third-order valence-electron chi connectivity index (χ3n) is 4.66. The summed E-state index contributed by atoms with van der Waals surface area (Å²) >= 11 is 7.32. The van der Waals surface area contributed by atoms with Crippen molar-refractivity contribution in [3.63, 3.8) is 0 Å². The lowest BCUT2D eigenvalue weighted by Crippen LogP contribution is -2.11. The average molecular weight is 432 g/mol. The van der Waals surface area contributed by atoms with E-state index >= 15 is 0 Å². The molecule has 0 saturated heterocycles. The number of Topliss-reactive ketones (excluding diaryl/α,β-unsaturated/α-hetero) is 1. The standard InChI is InChI=1S/C25H18ClNO2S/c26-21-9-7-18(8-10-21)24(28)16-30-23-13-11-22(12-14-23)27-25(29)20-6-5-17-3-1-2-4-19(17)15-20/h1-15H,16H2,(H,27,29). The van der Waals surface area contributed by atoms with Gasteiger partial charge < -0.3 is 5.32 Å². The van der Waals surface area contributed by atoms with E-state index in [1.54, 1.807) is 24.3 Å². The average Bonchev–Trinajstić information content (AvgIpc) is 2.78. The smallest absolute Gasteiger partial charge is 0.255 e. The number of anilines is 1. The SMILES string of the molecule is O=C(CSc1ccc(NC(=O)c2ccc3ccccc3c2)cc1)c1ccc(Cl)cc1. The molecule has 0 aromatic heterocycles. The molecule has 4 aromatic carbocycles. The minimum absolute atomic E-state index is 0.0466. The Hall–Kier alpha value is -3.08. The van der Waals surface area contributed by atoms with Crippen LogP contribution in [0.15, 0.2) is 95.9 Å². The lowest BCUT2D eigenvalue weighted by molar-refractivity contribution is 0.101. The largest absolute Gasteiger partial charge is 0.322 e. The Morgan fingerprint density at radius 1 is 0.767 bits per heavy atom. The van der Waals surface area contributed by atoms with Crippen molar-refractivity contribution in [1.82, 2.24) is 0 Å². The van der Waals surface area contributed by atoms with Gasteiger partial charge in [0.15, 0.2) is 5.78 Å². The number of rotatable bonds is 6. The van der Waals surface area contributed by atoms with Gasteiger partial charge in [0.25, 0.3) is 5.91 Å². The van der Waals surface area contributed by atoms with Gasteiger partial charge in [0, 0.05) is 26.7 Å². The summed E-state index contributed by atoms with van der Waals surface area (Å²) in [6.07, 6.45) is 0. The minimum atomic E-state index is -0.154. The summed E-state index contributed by atoms with van der Waals surface area (Å²) in [6.45, 7) is 0. The van der Waals surface area contributed by atoms with E-state index in [0.717, 1.165) is 15.7 Å². The fraction of sp³-hybridized carbons (Fsp3) is 0.0400. The lowest BCUT2D eigenvalue weighted by atomic mass is 10.1. The molecule has 0 aliphatic rings. The number of amides is 1. The first-order valence-corrected chi connectivity index (χ1v) is 10.8. The zero-order valence-electron chi connectivity index (χ0n) is 16.0. The Balaban J connectivity index is 1.36.